The zero-order chi connectivity index (χ0) is 5.98. The van der Waals surface area contributed by atoms with Crippen LogP contribution in [0.4, 0.5) is 0 Å². The van der Waals surface area contributed by atoms with Crippen molar-refractivity contribution in [1.82, 2.24) is 4.90 Å². The predicted molar refractivity (Wildman–Crippen MR) is 47.9 cm³/mol. The Balaban J connectivity index is 0.000000640. The molecule has 0 unspecified atom stereocenters. The van der Waals surface area contributed by atoms with E-state index in [0.717, 1.165) is 13.1 Å². The van der Waals surface area contributed by atoms with E-state index in [4.69, 9.17) is 18.0 Å². The third-order valence-corrected chi connectivity index (χ3v) is 1.68. The van der Waals surface area contributed by atoms with Crippen LogP contribution in [0, 0.1) is 0 Å². The van der Waals surface area contributed by atoms with Gasteiger partial charge in [-0.25, -0.2) is 0 Å². The van der Waals surface area contributed by atoms with E-state index in [0.29, 0.717) is 5.11 Å². The van der Waals surface area contributed by atoms with Crippen LogP contribution < -0.4 is 5.73 Å². The van der Waals surface area contributed by atoms with E-state index in [1.54, 1.807) is 0 Å². The standard InChI is InChI=1S/C5H10N2S.BrH/c6-5(8)7-3-1-2-4-7;/h1-4H2,(H2,6,8);1H. The molecule has 0 aromatic carbocycles. The first-order valence-electron chi connectivity index (χ1n) is 2.85. The molecule has 1 aliphatic heterocycles. The molecule has 0 aromatic rings. The maximum absolute atomic E-state index is 5.36. The van der Waals surface area contributed by atoms with Gasteiger partial charge in [0.1, 0.15) is 0 Å². The molecule has 0 atom stereocenters. The molecular weight excluding hydrogens is 200 g/mol. The molecule has 1 aliphatic rings. The average molecular weight is 211 g/mol. The molecule has 1 fully saturated rings. The summed E-state index contributed by atoms with van der Waals surface area (Å²) in [6, 6.07) is 0. The van der Waals surface area contributed by atoms with Crippen LogP contribution in [-0.4, -0.2) is 23.1 Å². The van der Waals surface area contributed by atoms with E-state index in [1.807, 2.05) is 4.90 Å². The minimum atomic E-state index is 0. The van der Waals surface area contributed by atoms with Gasteiger partial charge >= 0.3 is 0 Å². The molecule has 0 bridgehead atoms. The van der Waals surface area contributed by atoms with Crippen molar-refractivity contribution in [2.75, 3.05) is 13.1 Å². The van der Waals surface area contributed by atoms with Crippen LogP contribution in [0.15, 0.2) is 0 Å². The molecule has 0 spiro atoms. The normalized spacial score (nSPS) is 17.1. The Morgan fingerprint density at radius 2 is 1.78 bits per heavy atom. The Morgan fingerprint density at radius 1 is 1.33 bits per heavy atom. The second kappa shape index (κ2) is 4.06. The van der Waals surface area contributed by atoms with Crippen LogP contribution in [0.5, 0.6) is 0 Å². The minimum absolute atomic E-state index is 0. The van der Waals surface area contributed by atoms with Gasteiger partial charge in [-0.1, -0.05) is 0 Å². The van der Waals surface area contributed by atoms with Crippen molar-refractivity contribution in [3.05, 3.63) is 0 Å². The zero-order valence-electron chi connectivity index (χ0n) is 5.17. The first-order chi connectivity index (χ1) is 3.80. The Labute approximate surface area is 71.2 Å². The van der Waals surface area contributed by atoms with Crippen LogP contribution in [0.25, 0.3) is 0 Å². The highest BCUT2D eigenvalue weighted by molar-refractivity contribution is 8.93. The molecule has 54 valence electrons. The molecule has 2 nitrogen and oxygen atoms in total. The number of halogens is 1. The number of rotatable bonds is 0. The molecule has 9 heavy (non-hydrogen) atoms. The molecule has 1 rings (SSSR count). The third-order valence-electron chi connectivity index (χ3n) is 1.42. The number of thiocarbonyl (C=S) groups is 1. The number of likely N-dealkylation sites (tertiary alicyclic amines) is 1. The van der Waals surface area contributed by atoms with Gasteiger partial charge in [0, 0.05) is 13.1 Å². The molecule has 0 saturated carbocycles. The summed E-state index contributed by atoms with van der Waals surface area (Å²) in [4.78, 5) is 2.04. The van der Waals surface area contributed by atoms with Crippen molar-refractivity contribution >= 4 is 34.3 Å². The van der Waals surface area contributed by atoms with Gasteiger partial charge in [0.15, 0.2) is 5.11 Å². The number of hydrogen-bond donors (Lipinski definition) is 1. The third kappa shape index (κ3) is 2.49. The Morgan fingerprint density at radius 3 is 2.00 bits per heavy atom. The lowest BCUT2D eigenvalue weighted by Gasteiger charge is -2.12. The molecule has 0 aromatic heterocycles. The van der Waals surface area contributed by atoms with Crippen molar-refractivity contribution < 1.29 is 0 Å². The van der Waals surface area contributed by atoms with Crippen LogP contribution in [-0.2, 0) is 0 Å². The molecule has 4 heteroatoms. The SMILES string of the molecule is Br.NC(=S)N1CCCC1. The Bertz CT molecular complexity index is 101. The fourth-order valence-electron chi connectivity index (χ4n) is 0.938. The monoisotopic (exact) mass is 210 g/mol. The highest BCUT2D eigenvalue weighted by Crippen LogP contribution is 2.05. The predicted octanol–water partition coefficient (Wildman–Crippen LogP) is 0.904. The van der Waals surface area contributed by atoms with Crippen molar-refractivity contribution in [2.24, 2.45) is 5.73 Å². The van der Waals surface area contributed by atoms with Gasteiger partial charge < -0.3 is 10.6 Å². The minimum Gasteiger partial charge on any atom is -0.376 e. The van der Waals surface area contributed by atoms with Gasteiger partial charge in [0.05, 0.1) is 0 Å². The van der Waals surface area contributed by atoms with E-state index < -0.39 is 0 Å². The summed E-state index contributed by atoms with van der Waals surface area (Å²) < 4.78 is 0. The molecule has 1 heterocycles. The van der Waals surface area contributed by atoms with Crippen LogP contribution in [0.3, 0.4) is 0 Å². The smallest absolute Gasteiger partial charge is 0.166 e. The number of hydrogen-bond acceptors (Lipinski definition) is 1. The lowest BCUT2D eigenvalue weighted by molar-refractivity contribution is 0.524. The first-order valence-corrected chi connectivity index (χ1v) is 3.26. The quantitative estimate of drug-likeness (QED) is 0.604. The van der Waals surface area contributed by atoms with Gasteiger partial charge in [0.2, 0.25) is 0 Å². The highest BCUT2D eigenvalue weighted by atomic mass is 79.9. The highest BCUT2D eigenvalue weighted by Gasteiger charge is 2.10. The van der Waals surface area contributed by atoms with E-state index in [2.05, 4.69) is 0 Å². The van der Waals surface area contributed by atoms with Gasteiger partial charge in [-0.15, -0.1) is 17.0 Å². The van der Waals surface area contributed by atoms with E-state index >= 15 is 0 Å². The summed E-state index contributed by atoms with van der Waals surface area (Å²) >= 11 is 4.76. The van der Waals surface area contributed by atoms with E-state index in [-0.39, 0.29) is 17.0 Å². The molecule has 0 radical (unpaired) electrons. The number of nitrogens with two attached hydrogens (primary N) is 1. The van der Waals surface area contributed by atoms with Crippen molar-refractivity contribution in [3.8, 4) is 0 Å². The van der Waals surface area contributed by atoms with Crippen molar-refractivity contribution in [1.29, 1.82) is 0 Å². The lowest BCUT2D eigenvalue weighted by Crippen LogP contribution is -2.32. The van der Waals surface area contributed by atoms with Gasteiger partial charge in [0.25, 0.3) is 0 Å². The first kappa shape index (κ1) is 9.17. The van der Waals surface area contributed by atoms with E-state index in [1.165, 1.54) is 12.8 Å². The average Bonchev–Trinajstić information content (AvgIpc) is 2.12. The summed E-state index contributed by atoms with van der Waals surface area (Å²) in [6.07, 6.45) is 2.49. The maximum atomic E-state index is 5.36. The molecule has 0 aliphatic carbocycles. The van der Waals surface area contributed by atoms with Crippen molar-refractivity contribution in [2.45, 2.75) is 12.8 Å². The molecular formula is C5H11BrN2S. The molecule has 0 amide bonds. The summed E-state index contributed by atoms with van der Waals surface area (Å²) in [6.45, 7) is 2.13. The summed E-state index contributed by atoms with van der Waals surface area (Å²) in [5, 5.41) is 0.558. The van der Waals surface area contributed by atoms with Crippen LogP contribution >= 0.6 is 29.2 Å². The van der Waals surface area contributed by atoms with Crippen LogP contribution in [0.2, 0.25) is 0 Å². The summed E-state index contributed by atoms with van der Waals surface area (Å²) in [5.74, 6) is 0. The van der Waals surface area contributed by atoms with Gasteiger partial charge in [-0.2, -0.15) is 0 Å². The fourth-order valence-corrected chi connectivity index (χ4v) is 1.12. The van der Waals surface area contributed by atoms with Gasteiger partial charge in [-0.05, 0) is 25.1 Å². The lowest BCUT2D eigenvalue weighted by atomic mass is 10.4. The topological polar surface area (TPSA) is 29.3 Å². The second-order valence-corrected chi connectivity index (χ2v) is 2.45. The summed E-state index contributed by atoms with van der Waals surface area (Å²) in [7, 11) is 0. The Kier molecular flexibility index (Phi) is 4.14. The van der Waals surface area contributed by atoms with Gasteiger partial charge in [-0.3, -0.25) is 0 Å². The largest absolute Gasteiger partial charge is 0.376 e. The molecule has 2 N–H and O–H groups in total. The zero-order valence-corrected chi connectivity index (χ0v) is 7.70. The van der Waals surface area contributed by atoms with Crippen LogP contribution in [0.1, 0.15) is 12.8 Å². The van der Waals surface area contributed by atoms with Crippen molar-refractivity contribution in [3.63, 3.8) is 0 Å². The second-order valence-electron chi connectivity index (χ2n) is 2.03. The Hall–Kier alpha value is 0.170. The maximum Gasteiger partial charge on any atom is 0.166 e. The number of nitrogens with zero attached hydrogens (tertiary/aromatic N) is 1. The molecule has 1 saturated heterocycles. The fraction of sp³-hybridized carbons (Fsp3) is 0.800. The van der Waals surface area contributed by atoms with E-state index in [9.17, 15) is 0 Å². The summed E-state index contributed by atoms with van der Waals surface area (Å²) in [5.41, 5.74) is 5.36.